The molecule has 3 unspecified atom stereocenters. The SMILES string of the molecule is Nc1nnc(-c2ccccc2O)cc1N1CC2CCC(C1)N2c1cccc(CC2CCN(C(=O)CCC3CCN(c4ccc5c(c4)C(=O)N(C4CCC(=O)NC4=O)C5=O)CC3)CC2)c1. The van der Waals surface area contributed by atoms with Crippen LogP contribution in [0.4, 0.5) is 22.9 Å². The fraction of sp³-hybridized carbons (Fsp3) is 0.449. The molecular formula is C49H55N9O6. The lowest BCUT2D eigenvalue weighted by Crippen LogP contribution is -2.54. The minimum atomic E-state index is -0.982. The van der Waals surface area contributed by atoms with E-state index in [1.54, 1.807) is 24.3 Å². The van der Waals surface area contributed by atoms with Gasteiger partial charge in [0.15, 0.2) is 5.82 Å². The van der Waals surface area contributed by atoms with Crippen LogP contribution >= 0.6 is 0 Å². The highest BCUT2D eigenvalue weighted by molar-refractivity contribution is 6.23. The lowest BCUT2D eigenvalue weighted by molar-refractivity contribution is -0.136. The molecule has 4 aromatic rings. The highest BCUT2D eigenvalue weighted by Gasteiger charge is 2.45. The number of piperidine rings is 3. The van der Waals surface area contributed by atoms with Gasteiger partial charge in [-0.05, 0) is 124 Å². The lowest BCUT2D eigenvalue weighted by Gasteiger charge is -2.43. The summed E-state index contributed by atoms with van der Waals surface area (Å²) < 4.78 is 0. The fourth-order valence-corrected chi connectivity index (χ4v) is 11.2. The molecule has 6 aliphatic heterocycles. The van der Waals surface area contributed by atoms with E-state index in [1.165, 1.54) is 11.3 Å². The number of carbonyl (C=O) groups excluding carboxylic acids is 5. The highest BCUT2D eigenvalue weighted by Crippen LogP contribution is 2.40. The van der Waals surface area contributed by atoms with E-state index in [0.29, 0.717) is 53.0 Å². The third-order valence-corrected chi connectivity index (χ3v) is 14.7. The van der Waals surface area contributed by atoms with Gasteiger partial charge in [0.1, 0.15) is 11.8 Å². The second-order valence-electron chi connectivity index (χ2n) is 18.6. The van der Waals surface area contributed by atoms with E-state index in [-0.39, 0.29) is 30.1 Å². The summed E-state index contributed by atoms with van der Waals surface area (Å²) in [6, 6.07) is 23.2. The van der Waals surface area contributed by atoms with Crippen LogP contribution < -0.4 is 25.8 Å². The van der Waals surface area contributed by atoms with Crippen LogP contribution in [0.1, 0.15) is 90.5 Å². The molecular weight excluding hydrogens is 811 g/mol. The number of aromatic hydroxyl groups is 1. The number of fused-ring (bicyclic) bond motifs is 3. The van der Waals surface area contributed by atoms with Crippen LogP contribution in [0.3, 0.4) is 0 Å². The van der Waals surface area contributed by atoms with Crippen LogP contribution in [-0.4, -0.2) is 112 Å². The van der Waals surface area contributed by atoms with Gasteiger partial charge < -0.3 is 30.4 Å². The first-order chi connectivity index (χ1) is 31.1. The number of nitrogens with zero attached hydrogens (tertiary/aromatic N) is 7. The first-order valence-corrected chi connectivity index (χ1v) is 23.0. The van der Waals surface area contributed by atoms with Crippen molar-refractivity contribution in [3.05, 3.63) is 89.5 Å². The topological polar surface area (TPSA) is 186 Å². The Labute approximate surface area is 372 Å². The highest BCUT2D eigenvalue weighted by atomic mass is 16.3. The summed E-state index contributed by atoms with van der Waals surface area (Å²) in [6.45, 7) is 4.85. The molecule has 6 aliphatic rings. The van der Waals surface area contributed by atoms with Gasteiger partial charge in [0.05, 0.1) is 22.5 Å². The summed E-state index contributed by atoms with van der Waals surface area (Å²) in [4.78, 5) is 74.3. The molecule has 15 heteroatoms. The van der Waals surface area contributed by atoms with Gasteiger partial charge in [-0.1, -0.05) is 24.3 Å². The second-order valence-corrected chi connectivity index (χ2v) is 18.6. The van der Waals surface area contributed by atoms with Crippen LogP contribution in [0, 0.1) is 11.8 Å². The van der Waals surface area contributed by atoms with Crippen LogP contribution in [-0.2, 0) is 20.8 Å². The molecule has 15 nitrogen and oxygen atoms in total. The Morgan fingerprint density at radius 2 is 1.45 bits per heavy atom. The zero-order valence-electron chi connectivity index (χ0n) is 36.0. The number of nitrogens with one attached hydrogen (secondary N) is 1. The number of hydrogen-bond acceptors (Lipinski definition) is 12. The smallest absolute Gasteiger partial charge is 0.262 e. The van der Waals surface area contributed by atoms with Gasteiger partial charge >= 0.3 is 0 Å². The van der Waals surface area contributed by atoms with Crippen molar-refractivity contribution in [2.75, 3.05) is 59.7 Å². The summed E-state index contributed by atoms with van der Waals surface area (Å²) in [5.41, 5.74) is 12.6. The number of amides is 5. The Morgan fingerprint density at radius 1 is 0.719 bits per heavy atom. The van der Waals surface area contributed by atoms with Gasteiger partial charge in [-0.2, -0.15) is 0 Å². The normalized spacial score (nSPS) is 22.9. The third kappa shape index (κ3) is 8.00. The maximum atomic E-state index is 13.4. The van der Waals surface area contributed by atoms with Gasteiger partial charge in [0.25, 0.3) is 11.8 Å². The van der Waals surface area contributed by atoms with Crippen molar-refractivity contribution in [3.8, 4) is 17.0 Å². The Hall–Kier alpha value is -6.51. The number of likely N-dealkylation sites (tertiary alicyclic amines) is 1. The Bertz CT molecular complexity index is 2480. The van der Waals surface area contributed by atoms with E-state index in [4.69, 9.17) is 5.73 Å². The Balaban J connectivity index is 0.677. The molecule has 332 valence electrons. The van der Waals surface area contributed by atoms with Crippen molar-refractivity contribution in [1.82, 2.24) is 25.3 Å². The summed E-state index contributed by atoms with van der Waals surface area (Å²) in [5.74, 6) is -0.210. The summed E-state index contributed by atoms with van der Waals surface area (Å²) >= 11 is 0. The molecule has 3 aromatic carbocycles. The molecule has 4 N–H and O–H groups in total. The number of piperazine rings is 1. The van der Waals surface area contributed by atoms with Crippen molar-refractivity contribution >= 4 is 52.4 Å². The number of phenolic OH excluding ortho intramolecular Hbond substituents is 1. The van der Waals surface area contributed by atoms with Crippen LogP contribution in [0.5, 0.6) is 5.75 Å². The number of nitrogen functional groups attached to an aromatic ring is 1. The Kier molecular flexibility index (Phi) is 11.2. The largest absolute Gasteiger partial charge is 0.507 e. The maximum Gasteiger partial charge on any atom is 0.262 e. The van der Waals surface area contributed by atoms with Gasteiger partial charge in [0.2, 0.25) is 17.7 Å². The third-order valence-electron chi connectivity index (χ3n) is 14.7. The number of benzene rings is 3. The predicted octanol–water partition coefficient (Wildman–Crippen LogP) is 5.17. The van der Waals surface area contributed by atoms with Crippen molar-refractivity contribution in [2.24, 2.45) is 11.8 Å². The number of carbonyl (C=O) groups is 5. The molecule has 10 rings (SSSR count). The van der Waals surface area contributed by atoms with Gasteiger partial charge in [-0.25, -0.2) is 0 Å². The number of imide groups is 2. The molecule has 5 fully saturated rings. The van der Waals surface area contributed by atoms with Crippen molar-refractivity contribution < 1.29 is 29.1 Å². The van der Waals surface area contributed by atoms with Crippen molar-refractivity contribution in [2.45, 2.75) is 88.8 Å². The minimum Gasteiger partial charge on any atom is -0.507 e. The molecule has 0 spiro atoms. The summed E-state index contributed by atoms with van der Waals surface area (Å²) in [5, 5.41) is 21.3. The summed E-state index contributed by atoms with van der Waals surface area (Å²) in [6.07, 6.45) is 8.75. The number of phenols is 1. The lowest BCUT2D eigenvalue weighted by atomic mass is 9.89. The number of para-hydroxylation sites is 1. The van der Waals surface area contributed by atoms with E-state index >= 15 is 0 Å². The van der Waals surface area contributed by atoms with Gasteiger partial charge in [0, 0.05) is 81.1 Å². The molecule has 0 saturated carbocycles. The van der Waals surface area contributed by atoms with E-state index in [1.807, 2.05) is 24.3 Å². The Morgan fingerprint density at radius 3 is 2.20 bits per heavy atom. The van der Waals surface area contributed by atoms with E-state index in [2.05, 4.69) is 59.4 Å². The van der Waals surface area contributed by atoms with E-state index < -0.39 is 29.7 Å². The number of anilines is 4. The van der Waals surface area contributed by atoms with Crippen LogP contribution in [0.25, 0.3) is 11.3 Å². The average molecular weight is 866 g/mol. The average Bonchev–Trinajstić information content (AvgIpc) is 3.72. The number of hydrogen-bond donors (Lipinski definition) is 3. The molecule has 2 bridgehead atoms. The van der Waals surface area contributed by atoms with Crippen molar-refractivity contribution in [3.63, 3.8) is 0 Å². The molecule has 1 aromatic heterocycles. The molecule has 0 aliphatic carbocycles. The number of nitrogens with two attached hydrogens (primary N) is 1. The quantitative estimate of drug-likeness (QED) is 0.178. The monoisotopic (exact) mass is 865 g/mol. The molecule has 3 atom stereocenters. The van der Waals surface area contributed by atoms with Crippen LogP contribution in [0.2, 0.25) is 0 Å². The van der Waals surface area contributed by atoms with Gasteiger partial charge in [-0.3, -0.25) is 34.2 Å². The maximum absolute atomic E-state index is 13.4. The van der Waals surface area contributed by atoms with E-state index in [9.17, 15) is 29.1 Å². The zero-order valence-corrected chi connectivity index (χ0v) is 36.0. The molecule has 64 heavy (non-hydrogen) atoms. The number of rotatable bonds is 10. The van der Waals surface area contributed by atoms with Crippen LogP contribution in [0.15, 0.2) is 72.8 Å². The molecule has 5 amide bonds. The van der Waals surface area contributed by atoms with Gasteiger partial charge in [-0.15, -0.1) is 10.2 Å². The predicted molar refractivity (Wildman–Crippen MR) is 242 cm³/mol. The second kappa shape index (κ2) is 17.2. The molecule has 7 heterocycles. The molecule has 5 saturated heterocycles. The number of aromatic nitrogens is 2. The first kappa shape index (κ1) is 41.5. The fourth-order valence-electron chi connectivity index (χ4n) is 11.2. The van der Waals surface area contributed by atoms with E-state index in [0.717, 1.165) is 107 Å². The van der Waals surface area contributed by atoms with Crippen molar-refractivity contribution in [1.29, 1.82) is 0 Å². The first-order valence-electron chi connectivity index (χ1n) is 23.0. The molecule has 0 radical (unpaired) electrons. The zero-order chi connectivity index (χ0) is 44.1. The summed E-state index contributed by atoms with van der Waals surface area (Å²) in [7, 11) is 0. The standard InChI is InChI=1S/C49H55N9O6/c50-46-42(27-40(52-53-46)38-6-1-2-7-43(38)59)56-28-35-9-10-36(29-56)57(35)34-5-3-4-32(25-34)24-31-18-22-55(23-19-31)45(61)15-8-30-16-20-54(21-17-30)33-11-12-37-39(26-33)49(64)58(48(37)63)41-13-14-44(60)51-47(41)62/h1-7,11-12,25-27,30-31,35-36,41,59H,8-10,13-24,28-29H2,(H2,50,53)(H,51,60,62). The minimum absolute atomic E-state index is 0.0862.